The van der Waals surface area contributed by atoms with Crippen molar-refractivity contribution in [2.75, 3.05) is 17.8 Å². The summed E-state index contributed by atoms with van der Waals surface area (Å²) in [4.78, 5) is 13.6. The number of sulfonamides is 1. The Hall–Kier alpha value is -2.55. The van der Waals surface area contributed by atoms with Gasteiger partial charge in [0.25, 0.3) is 0 Å². The molecule has 0 bridgehead atoms. The SMILES string of the molecule is CCn1cc(NS(=O)(=O)[C@@H]2CCN(C(=O)OCc3ccccc3)C2)cn1. The van der Waals surface area contributed by atoms with Crippen LogP contribution in [0.25, 0.3) is 0 Å². The van der Waals surface area contributed by atoms with E-state index in [1.54, 1.807) is 10.9 Å². The second-order valence-electron chi connectivity index (χ2n) is 6.13. The molecule has 1 aliphatic rings. The van der Waals surface area contributed by atoms with Crippen LogP contribution < -0.4 is 4.72 Å². The molecule has 2 heterocycles. The highest BCUT2D eigenvalue weighted by atomic mass is 32.2. The van der Waals surface area contributed by atoms with Gasteiger partial charge in [0.2, 0.25) is 10.0 Å². The molecule has 0 radical (unpaired) electrons. The van der Waals surface area contributed by atoms with Crippen LogP contribution in [0.4, 0.5) is 10.5 Å². The molecule has 3 rings (SSSR count). The van der Waals surface area contributed by atoms with Crippen molar-refractivity contribution < 1.29 is 17.9 Å². The molecule has 1 N–H and O–H groups in total. The molecule has 1 aromatic carbocycles. The van der Waals surface area contributed by atoms with Gasteiger partial charge in [-0.1, -0.05) is 30.3 Å². The molecule has 1 atom stereocenters. The summed E-state index contributed by atoms with van der Waals surface area (Å²) in [6.07, 6.45) is 2.99. The molecular formula is C17H22N4O4S. The maximum Gasteiger partial charge on any atom is 0.410 e. The Kier molecular flexibility index (Phi) is 5.46. The first-order valence-electron chi connectivity index (χ1n) is 8.47. The van der Waals surface area contributed by atoms with Gasteiger partial charge in [-0.25, -0.2) is 13.2 Å². The van der Waals surface area contributed by atoms with E-state index in [9.17, 15) is 13.2 Å². The van der Waals surface area contributed by atoms with Crippen molar-refractivity contribution in [2.45, 2.75) is 31.7 Å². The van der Waals surface area contributed by atoms with E-state index in [2.05, 4.69) is 9.82 Å². The standard InChI is InChI=1S/C17H22N4O4S/c1-2-21-11-15(10-18-21)19-26(23,24)16-8-9-20(12-16)17(22)25-13-14-6-4-3-5-7-14/h3-7,10-11,16,19H,2,8-9,12-13H2,1H3/t16-/m1/s1. The highest BCUT2D eigenvalue weighted by molar-refractivity contribution is 7.93. The van der Waals surface area contributed by atoms with E-state index in [0.29, 0.717) is 25.2 Å². The third-order valence-electron chi connectivity index (χ3n) is 4.26. The predicted octanol–water partition coefficient (Wildman–Crippen LogP) is 2.06. The lowest BCUT2D eigenvalue weighted by Gasteiger charge is -2.17. The highest BCUT2D eigenvalue weighted by Gasteiger charge is 2.36. The summed E-state index contributed by atoms with van der Waals surface area (Å²) >= 11 is 0. The van der Waals surface area contributed by atoms with E-state index < -0.39 is 21.4 Å². The van der Waals surface area contributed by atoms with E-state index in [1.807, 2.05) is 37.3 Å². The lowest BCUT2D eigenvalue weighted by Crippen LogP contribution is -2.34. The second kappa shape index (κ2) is 7.77. The van der Waals surface area contributed by atoms with Gasteiger partial charge < -0.3 is 9.64 Å². The molecule has 0 spiro atoms. The number of ether oxygens (including phenoxy) is 1. The molecule has 26 heavy (non-hydrogen) atoms. The van der Waals surface area contributed by atoms with Crippen molar-refractivity contribution in [3.8, 4) is 0 Å². The fraction of sp³-hybridized carbons (Fsp3) is 0.412. The van der Waals surface area contributed by atoms with Crippen molar-refractivity contribution in [1.29, 1.82) is 0 Å². The van der Waals surface area contributed by atoms with Gasteiger partial charge in [-0.15, -0.1) is 0 Å². The molecule has 0 unspecified atom stereocenters. The van der Waals surface area contributed by atoms with E-state index in [4.69, 9.17) is 4.74 Å². The lowest BCUT2D eigenvalue weighted by atomic mass is 10.2. The van der Waals surface area contributed by atoms with Crippen LogP contribution in [0.15, 0.2) is 42.7 Å². The number of likely N-dealkylation sites (tertiary alicyclic amines) is 1. The molecule has 1 fully saturated rings. The summed E-state index contributed by atoms with van der Waals surface area (Å²) in [5, 5.41) is 3.38. The van der Waals surface area contributed by atoms with Crippen LogP contribution in [-0.2, 0) is 27.9 Å². The minimum atomic E-state index is -3.59. The molecule has 0 saturated carbocycles. The van der Waals surface area contributed by atoms with Crippen LogP contribution in [0.5, 0.6) is 0 Å². The molecule has 9 heteroatoms. The largest absolute Gasteiger partial charge is 0.445 e. The zero-order valence-corrected chi connectivity index (χ0v) is 15.4. The van der Waals surface area contributed by atoms with Crippen molar-refractivity contribution in [3.63, 3.8) is 0 Å². The molecule has 0 aliphatic carbocycles. The Morgan fingerprint density at radius 2 is 2.12 bits per heavy atom. The van der Waals surface area contributed by atoms with Crippen LogP contribution in [0, 0.1) is 0 Å². The quantitative estimate of drug-likeness (QED) is 0.830. The Labute approximate surface area is 152 Å². The van der Waals surface area contributed by atoms with Gasteiger partial charge in [0.1, 0.15) is 6.61 Å². The monoisotopic (exact) mass is 378 g/mol. The number of hydrogen-bond acceptors (Lipinski definition) is 5. The fourth-order valence-corrected chi connectivity index (χ4v) is 4.19. The van der Waals surface area contributed by atoms with Crippen molar-refractivity contribution in [2.24, 2.45) is 0 Å². The third kappa shape index (κ3) is 4.34. The molecule has 140 valence electrons. The van der Waals surface area contributed by atoms with Crippen molar-refractivity contribution >= 4 is 21.8 Å². The normalized spacial score (nSPS) is 17.3. The Bertz CT molecular complexity index is 851. The van der Waals surface area contributed by atoms with Gasteiger partial charge in [0.15, 0.2) is 0 Å². The van der Waals surface area contributed by atoms with Gasteiger partial charge in [-0.2, -0.15) is 5.10 Å². The Morgan fingerprint density at radius 3 is 2.81 bits per heavy atom. The number of benzene rings is 1. The van der Waals surface area contributed by atoms with E-state index in [1.165, 1.54) is 11.1 Å². The van der Waals surface area contributed by atoms with Crippen molar-refractivity contribution in [3.05, 3.63) is 48.3 Å². The van der Waals surface area contributed by atoms with Crippen LogP contribution in [0.1, 0.15) is 18.9 Å². The number of amides is 1. The predicted molar refractivity (Wildman–Crippen MR) is 97.0 cm³/mol. The van der Waals surface area contributed by atoms with Gasteiger partial charge in [-0.05, 0) is 18.9 Å². The number of carbonyl (C=O) groups is 1. The number of rotatable bonds is 6. The molecule has 1 amide bonds. The van der Waals surface area contributed by atoms with Gasteiger partial charge in [-0.3, -0.25) is 9.40 Å². The molecule has 1 aromatic heterocycles. The molecule has 1 saturated heterocycles. The summed E-state index contributed by atoms with van der Waals surface area (Å²) < 4.78 is 34.5. The number of aromatic nitrogens is 2. The minimum absolute atomic E-state index is 0.116. The summed E-state index contributed by atoms with van der Waals surface area (Å²) in [6, 6.07) is 9.36. The average Bonchev–Trinajstić information content (AvgIpc) is 3.30. The van der Waals surface area contributed by atoms with Crippen molar-refractivity contribution in [1.82, 2.24) is 14.7 Å². The van der Waals surface area contributed by atoms with E-state index in [-0.39, 0.29) is 13.2 Å². The van der Waals surface area contributed by atoms with E-state index >= 15 is 0 Å². The number of nitrogens with one attached hydrogen (secondary N) is 1. The minimum Gasteiger partial charge on any atom is -0.445 e. The fourth-order valence-electron chi connectivity index (χ4n) is 2.79. The van der Waals surface area contributed by atoms with Crippen LogP contribution in [0.3, 0.4) is 0 Å². The molecule has 2 aromatic rings. The van der Waals surface area contributed by atoms with Gasteiger partial charge >= 0.3 is 6.09 Å². The maximum absolute atomic E-state index is 12.5. The number of hydrogen-bond donors (Lipinski definition) is 1. The molecule has 8 nitrogen and oxygen atoms in total. The lowest BCUT2D eigenvalue weighted by molar-refractivity contribution is 0.104. The number of aryl methyl sites for hydroxylation is 1. The number of carbonyl (C=O) groups excluding carboxylic acids is 1. The van der Waals surface area contributed by atoms with Crippen LogP contribution in [0.2, 0.25) is 0 Å². The summed E-state index contributed by atoms with van der Waals surface area (Å²) in [5.74, 6) is 0. The average molecular weight is 378 g/mol. The van der Waals surface area contributed by atoms with Gasteiger partial charge in [0.05, 0.1) is 17.1 Å². The third-order valence-corrected chi connectivity index (χ3v) is 6.05. The topological polar surface area (TPSA) is 93.5 Å². The molecular weight excluding hydrogens is 356 g/mol. The Morgan fingerprint density at radius 1 is 1.35 bits per heavy atom. The maximum atomic E-state index is 12.5. The zero-order chi connectivity index (χ0) is 18.6. The summed E-state index contributed by atoms with van der Waals surface area (Å²) in [5.41, 5.74) is 1.32. The Balaban J connectivity index is 1.54. The highest BCUT2D eigenvalue weighted by Crippen LogP contribution is 2.20. The smallest absolute Gasteiger partial charge is 0.410 e. The first-order valence-corrected chi connectivity index (χ1v) is 10.0. The summed E-state index contributed by atoms with van der Waals surface area (Å²) in [7, 11) is -3.59. The van der Waals surface area contributed by atoms with Gasteiger partial charge in [0, 0.05) is 25.8 Å². The zero-order valence-electron chi connectivity index (χ0n) is 14.5. The first-order chi connectivity index (χ1) is 12.5. The number of anilines is 1. The molecule has 1 aliphatic heterocycles. The van der Waals surface area contributed by atoms with Crippen LogP contribution in [-0.4, -0.2) is 47.5 Å². The summed E-state index contributed by atoms with van der Waals surface area (Å²) in [6.45, 7) is 3.22. The van der Waals surface area contributed by atoms with Crippen LogP contribution >= 0.6 is 0 Å². The van der Waals surface area contributed by atoms with E-state index in [0.717, 1.165) is 5.56 Å². The number of nitrogens with zero attached hydrogens (tertiary/aromatic N) is 3. The second-order valence-corrected chi connectivity index (χ2v) is 8.09. The first kappa shape index (κ1) is 18.2.